The normalized spacial score (nSPS) is 14.1. The zero-order valence-corrected chi connectivity index (χ0v) is 14.6. The standard InChI is InChI=1S/C15H29N.CH4O3S/c1-2-3-4-5-6-7-8-9-10-13-16-14-11-12-15-16;1-5(2,3)4/h11,14H,2-10,12-13,15H2,1H3;1H3,(H,2,3,4). The van der Waals surface area contributed by atoms with Crippen molar-refractivity contribution < 1.29 is 13.0 Å². The Kier molecular flexibility index (Phi) is 12.8. The van der Waals surface area contributed by atoms with E-state index >= 15 is 0 Å². The summed E-state index contributed by atoms with van der Waals surface area (Å²) in [5.74, 6) is 0. The van der Waals surface area contributed by atoms with Gasteiger partial charge >= 0.3 is 0 Å². The van der Waals surface area contributed by atoms with E-state index in [2.05, 4.69) is 24.1 Å². The third kappa shape index (κ3) is 19.4. The highest BCUT2D eigenvalue weighted by molar-refractivity contribution is 7.85. The molecule has 0 aromatic carbocycles. The van der Waals surface area contributed by atoms with E-state index in [-0.39, 0.29) is 0 Å². The predicted octanol–water partition coefficient (Wildman–Crippen LogP) is 4.24. The van der Waals surface area contributed by atoms with E-state index in [0.717, 1.165) is 0 Å². The monoisotopic (exact) mass is 319 g/mol. The molecule has 5 heteroatoms. The Morgan fingerprint density at radius 2 is 1.48 bits per heavy atom. The maximum atomic E-state index is 9.19. The van der Waals surface area contributed by atoms with Gasteiger partial charge in [0.15, 0.2) is 0 Å². The number of unbranched alkanes of at least 4 members (excludes halogenated alkanes) is 8. The highest BCUT2D eigenvalue weighted by Crippen LogP contribution is 2.11. The van der Waals surface area contributed by atoms with Crippen molar-refractivity contribution in [2.24, 2.45) is 0 Å². The van der Waals surface area contributed by atoms with E-state index in [1.165, 1.54) is 77.3 Å². The maximum Gasteiger partial charge on any atom is 0.261 e. The van der Waals surface area contributed by atoms with Crippen LogP contribution in [0.3, 0.4) is 0 Å². The van der Waals surface area contributed by atoms with Crippen molar-refractivity contribution in [2.45, 2.75) is 71.1 Å². The van der Waals surface area contributed by atoms with Gasteiger partial charge in [-0.1, -0.05) is 64.4 Å². The zero-order chi connectivity index (χ0) is 16.0. The molecule has 1 rings (SSSR count). The molecule has 0 radical (unpaired) electrons. The van der Waals surface area contributed by atoms with Gasteiger partial charge in [-0.25, -0.2) is 0 Å². The lowest BCUT2D eigenvalue weighted by atomic mass is 10.1. The van der Waals surface area contributed by atoms with Gasteiger partial charge in [0, 0.05) is 13.1 Å². The summed E-state index contributed by atoms with van der Waals surface area (Å²) in [6.07, 6.45) is 19.4. The second-order valence-electron chi connectivity index (χ2n) is 5.77. The molecule has 0 atom stereocenters. The quantitative estimate of drug-likeness (QED) is 0.483. The summed E-state index contributed by atoms with van der Waals surface area (Å²) < 4.78 is 25.9. The summed E-state index contributed by atoms with van der Waals surface area (Å²) in [5.41, 5.74) is 0. The molecule has 0 bridgehead atoms. The van der Waals surface area contributed by atoms with Crippen molar-refractivity contribution in [2.75, 3.05) is 19.3 Å². The lowest BCUT2D eigenvalue weighted by molar-refractivity contribution is 0.388. The summed E-state index contributed by atoms with van der Waals surface area (Å²) in [6, 6.07) is 0. The minimum absolute atomic E-state index is 0.715. The third-order valence-corrected chi connectivity index (χ3v) is 3.45. The predicted molar refractivity (Wildman–Crippen MR) is 90.0 cm³/mol. The van der Waals surface area contributed by atoms with Crippen molar-refractivity contribution in [3.8, 4) is 0 Å². The fourth-order valence-corrected chi connectivity index (χ4v) is 2.35. The number of nitrogens with zero attached hydrogens (tertiary/aromatic N) is 1. The van der Waals surface area contributed by atoms with Crippen LogP contribution in [0, 0.1) is 0 Å². The van der Waals surface area contributed by atoms with E-state index in [0.29, 0.717) is 6.26 Å². The van der Waals surface area contributed by atoms with E-state index in [1.807, 2.05) is 0 Å². The topological polar surface area (TPSA) is 57.6 Å². The van der Waals surface area contributed by atoms with E-state index in [9.17, 15) is 8.42 Å². The van der Waals surface area contributed by atoms with Crippen molar-refractivity contribution in [3.63, 3.8) is 0 Å². The van der Waals surface area contributed by atoms with Crippen LogP contribution in [0.15, 0.2) is 12.3 Å². The van der Waals surface area contributed by atoms with Crippen LogP contribution >= 0.6 is 0 Å². The molecule has 0 saturated heterocycles. The Labute approximate surface area is 131 Å². The summed E-state index contributed by atoms with van der Waals surface area (Å²) >= 11 is 0. The minimum Gasteiger partial charge on any atom is -0.377 e. The van der Waals surface area contributed by atoms with Gasteiger partial charge in [-0.2, -0.15) is 8.42 Å². The van der Waals surface area contributed by atoms with Gasteiger partial charge in [0.2, 0.25) is 0 Å². The Bertz CT molecular complexity index is 345. The molecule has 0 spiro atoms. The smallest absolute Gasteiger partial charge is 0.261 e. The molecule has 0 unspecified atom stereocenters. The zero-order valence-electron chi connectivity index (χ0n) is 13.8. The van der Waals surface area contributed by atoms with Crippen LogP contribution in [-0.2, 0) is 10.1 Å². The van der Waals surface area contributed by atoms with Crippen molar-refractivity contribution in [1.82, 2.24) is 4.90 Å². The van der Waals surface area contributed by atoms with Crippen molar-refractivity contribution >= 4 is 10.1 Å². The van der Waals surface area contributed by atoms with Gasteiger partial charge in [-0.15, -0.1) is 0 Å². The van der Waals surface area contributed by atoms with Gasteiger partial charge in [-0.3, -0.25) is 4.55 Å². The van der Waals surface area contributed by atoms with E-state index in [4.69, 9.17) is 4.55 Å². The average Bonchev–Trinajstić information content (AvgIpc) is 2.88. The highest BCUT2D eigenvalue weighted by Gasteiger charge is 2.02. The maximum absolute atomic E-state index is 9.19. The first-order chi connectivity index (χ1) is 9.93. The van der Waals surface area contributed by atoms with Crippen LogP contribution in [0.5, 0.6) is 0 Å². The fraction of sp³-hybridized carbons (Fsp3) is 0.875. The molecule has 1 heterocycles. The molecule has 21 heavy (non-hydrogen) atoms. The average molecular weight is 320 g/mol. The van der Waals surface area contributed by atoms with Gasteiger partial charge in [0.1, 0.15) is 0 Å². The van der Waals surface area contributed by atoms with Crippen LogP contribution < -0.4 is 0 Å². The van der Waals surface area contributed by atoms with Gasteiger partial charge in [0.05, 0.1) is 6.26 Å². The van der Waals surface area contributed by atoms with Crippen molar-refractivity contribution in [1.29, 1.82) is 0 Å². The summed E-state index contributed by atoms with van der Waals surface area (Å²) in [5, 5.41) is 0. The Balaban J connectivity index is 0.000000690. The third-order valence-electron chi connectivity index (χ3n) is 3.45. The SMILES string of the molecule is CCCCCCCCCCCN1C=CCC1.CS(=O)(=O)O. The molecule has 0 aromatic rings. The van der Waals surface area contributed by atoms with Crippen LogP contribution in [0.1, 0.15) is 71.1 Å². The van der Waals surface area contributed by atoms with Gasteiger partial charge < -0.3 is 4.90 Å². The first-order valence-corrected chi connectivity index (χ1v) is 10.1. The number of hydrogen-bond donors (Lipinski definition) is 1. The van der Waals surface area contributed by atoms with Crippen LogP contribution in [0.2, 0.25) is 0 Å². The molecule has 0 aromatic heterocycles. The summed E-state index contributed by atoms with van der Waals surface area (Å²) in [4.78, 5) is 2.46. The van der Waals surface area contributed by atoms with Gasteiger partial charge in [0.25, 0.3) is 10.1 Å². The molecular formula is C16H33NO3S. The Hall–Kier alpha value is -0.550. The molecule has 0 amide bonds. The first kappa shape index (κ1) is 20.5. The van der Waals surface area contributed by atoms with Crippen LogP contribution in [0.4, 0.5) is 0 Å². The van der Waals surface area contributed by atoms with Gasteiger partial charge in [-0.05, 0) is 19.0 Å². The highest BCUT2D eigenvalue weighted by atomic mass is 32.2. The Morgan fingerprint density at radius 3 is 1.90 bits per heavy atom. The lowest BCUT2D eigenvalue weighted by Gasteiger charge is -2.14. The Morgan fingerprint density at radius 1 is 1.00 bits per heavy atom. The molecule has 1 N–H and O–H groups in total. The molecule has 0 aliphatic carbocycles. The first-order valence-electron chi connectivity index (χ1n) is 8.26. The molecule has 1 aliphatic rings. The summed E-state index contributed by atoms with van der Waals surface area (Å²) in [6.45, 7) is 4.83. The van der Waals surface area contributed by atoms with E-state index < -0.39 is 10.1 Å². The molecule has 126 valence electrons. The summed E-state index contributed by atoms with van der Waals surface area (Å²) in [7, 11) is -3.67. The number of hydrogen-bond acceptors (Lipinski definition) is 3. The van der Waals surface area contributed by atoms with Crippen LogP contribution in [-0.4, -0.2) is 37.2 Å². The van der Waals surface area contributed by atoms with E-state index in [1.54, 1.807) is 0 Å². The molecular weight excluding hydrogens is 286 g/mol. The molecule has 4 nitrogen and oxygen atoms in total. The lowest BCUT2D eigenvalue weighted by Crippen LogP contribution is -2.15. The molecule has 0 fully saturated rings. The second-order valence-corrected chi connectivity index (χ2v) is 7.24. The fourth-order valence-electron chi connectivity index (χ4n) is 2.35. The van der Waals surface area contributed by atoms with Crippen LogP contribution in [0.25, 0.3) is 0 Å². The minimum atomic E-state index is -3.67. The number of rotatable bonds is 10. The largest absolute Gasteiger partial charge is 0.377 e. The molecule has 1 aliphatic heterocycles. The second kappa shape index (κ2) is 13.1. The molecule has 0 saturated carbocycles. The van der Waals surface area contributed by atoms with Crippen molar-refractivity contribution in [3.05, 3.63) is 12.3 Å².